The molecule has 0 fully saturated rings. The van der Waals surface area contributed by atoms with Gasteiger partial charge < -0.3 is 0 Å². The van der Waals surface area contributed by atoms with Crippen molar-refractivity contribution in [2.75, 3.05) is 0 Å². The summed E-state index contributed by atoms with van der Waals surface area (Å²) in [6.07, 6.45) is 0. The maximum Gasteiger partial charge on any atom is 0.138 e. The fourth-order valence-electron chi connectivity index (χ4n) is 0.799. The Morgan fingerprint density at radius 3 is 2.67 bits per heavy atom. The highest BCUT2D eigenvalue weighted by molar-refractivity contribution is 7.82. The molecule has 0 bridgehead atoms. The van der Waals surface area contributed by atoms with Gasteiger partial charge in [-0.05, 0) is 5.56 Å². The van der Waals surface area contributed by atoms with Crippen LogP contribution in [0.5, 0.6) is 0 Å². The van der Waals surface area contributed by atoms with E-state index in [1.165, 1.54) is 0 Å². The lowest BCUT2D eigenvalue weighted by Crippen LogP contribution is -2.10. The first-order valence-electron chi connectivity index (χ1n) is 3.33. The van der Waals surface area contributed by atoms with Crippen molar-refractivity contribution < 1.29 is 4.21 Å². The van der Waals surface area contributed by atoms with Crippen LogP contribution in [0.2, 0.25) is 0 Å². The molecule has 1 aromatic carbocycles. The minimum Gasteiger partial charge on any atom is -0.235 e. The van der Waals surface area contributed by atoms with E-state index in [1.54, 1.807) is 0 Å². The summed E-state index contributed by atoms with van der Waals surface area (Å²) in [5, 5.41) is 0. The topological polar surface area (TPSA) is 41.5 Å². The molecule has 0 radical (unpaired) electrons. The standard InChI is InChI=1S/C7H8N2OS2/c10-12(9-8-11)6-7-4-2-1-3-5-7/h1-5H,6H2,(H,9,11). The molecule has 0 saturated heterocycles. The summed E-state index contributed by atoms with van der Waals surface area (Å²) in [7, 11) is -1.19. The van der Waals surface area contributed by atoms with Crippen molar-refractivity contribution in [3.63, 3.8) is 0 Å². The van der Waals surface area contributed by atoms with E-state index in [0.717, 1.165) is 5.56 Å². The maximum atomic E-state index is 11.1. The number of rotatable bonds is 4. The predicted molar refractivity (Wildman–Crippen MR) is 51.2 cm³/mol. The van der Waals surface area contributed by atoms with Gasteiger partial charge in [-0.25, -0.2) is 9.04 Å². The summed E-state index contributed by atoms with van der Waals surface area (Å²) in [4.78, 5) is 2.31. The number of nitrogens with one attached hydrogen (secondary N) is 1. The van der Waals surface area contributed by atoms with Gasteiger partial charge in [0.2, 0.25) is 0 Å². The molecule has 0 aromatic heterocycles. The Hall–Kier alpha value is -0.810. The molecule has 1 rings (SSSR count). The smallest absolute Gasteiger partial charge is 0.138 e. The van der Waals surface area contributed by atoms with E-state index in [-0.39, 0.29) is 0 Å². The van der Waals surface area contributed by atoms with Crippen molar-refractivity contribution >= 4 is 23.4 Å². The second-order valence-electron chi connectivity index (χ2n) is 2.16. The van der Waals surface area contributed by atoms with Crippen LogP contribution in [0, 0.1) is 0 Å². The quantitative estimate of drug-likeness (QED) is 0.739. The average molecular weight is 200 g/mol. The molecule has 0 saturated carbocycles. The molecule has 0 aliphatic rings. The fourth-order valence-corrected chi connectivity index (χ4v) is 1.69. The largest absolute Gasteiger partial charge is 0.235 e. The summed E-state index contributed by atoms with van der Waals surface area (Å²) >= 11 is 4.27. The molecule has 12 heavy (non-hydrogen) atoms. The van der Waals surface area contributed by atoms with Crippen molar-refractivity contribution in [1.82, 2.24) is 4.83 Å². The molecule has 1 aromatic rings. The molecule has 64 valence electrons. The Kier molecular flexibility index (Phi) is 3.83. The van der Waals surface area contributed by atoms with Crippen LogP contribution in [0.15, 0.2) is 34.8 Å². The van der Waals surface area contributed by atoms with E-state index in [4.69, 9.17) is 0 Å². The van der Waals surface area contributed by atoms with Gasteiger partial charge in [0.1, 0.15) is 11.0 Å². The Morgan fingerprint density at radius 2 is 2.08 bits per heavy atom. The van der Waals surface area contributed by atoms with Crippen LogP contribution in [0.25, 0.3) is 0 Å². The Morgan fingerprint density at radius 1 is 1.42 bits per heavy atom. The van der Waals surface area contributed by atoms with E-state index in [1.807, 2.05) is 30.3 Å². The Labute approximate surface area is 78.9 Å². The SMILES string of the molecule is O=S(Cc1ccccc1)NN=S. The first-order chi connectivity index (χ1) is 5.83. The van der Waals surface area contributed by atoms with Gasteiger partial charge in [0, 0.05) is 0 Å². The van der Waals surface area contributed by atoms with Gasteiger partial charge in [-0.2, -0.15) is 0 Å². The lowest BCUT2D eigenvalue weighted by Gasteiger charge is -1.98. The molecule has 0 aliphatic heterocycles. The molecule has 3 nitrogen and oxygen atoms in total. The van der Waals surface area contributed by atoms with Crippen LogP contribution in [-0.2, 0) is 29.2 Å². The number of nitrogens with zero attached hydrogens (tertiary/aromatic N) is 1. The first-order valence-corrected chi connectivity index (χ1v) is 5.01. The van der Waals surface area contributed by atoms with Gasteiger partial charge in [0.25, 0.3) is 0 Å². The van der Waals surface area contributed by atoms with Crippen molar-refractivity contribution in [2.24, 2.45) is 4.47 Å². The zero-order valence-electron chi connectivity index (χ0n) is 6.27. The third-order valence-electron chi connectivity index (χ3n) is 1.28. The molecule has 0 aliphatic carbocycles. The van der Waals surface area contributed by atoms with Gasteiger partial charge in [0.05, 0.1) is 18.2 Å². The van der Waals surface area contributed by atoms with Crippen molar-refractivity contribution in [2.45, 2.75) is 5.75 Å². The fraction of sp³-hybridized carbons (Fsp3) is 0.143. The van der Waals surface area contributed by atoms with E-state index in [9.17, 15) is 4.21 Å². The molecular weight excluding hydrogens is 192 g/mol. The van der Waals surface area contributed by atoms with E-state index in [2.05, 4.69) is 21.7 Å². The zero-order chi connectivity index (χ0) is 8.81. The highest BCUT2D eigenvalue weighted by atomic mass is 32.2. The Balaban J connectivity index is 2.52. The summed E-state index contributed by atoms with van der Waals surface area (Å²) in [6.45, 7) is 0. The van der Waals surface area contributed by atoms with Crippen molar-refractivity contribution in [3.05, 3.63) is 35.9 Å². The molecule has 0 heterocycles. The minimum absolute atomic E-state index is 0.432. The van der Waals surface area contributed by atoms with Gasteiger partial charge >= 0.3 is 0 Å². The summed E-state index contributed by atoms with van der Waals surface area (Å²) in [5.74, 6) is 0.432. The van der Waals surface area contributed by atoms with Crippen LogP contribution < -0.4 is 4.83 Å². The van der Waals surface area contributed by atoms with Crippen molar-refractivity contribution in [1.29, 1.82) is 0 Å². The van der Waals surface area contributed by atoms with Gasteiger partial charge in [-0.1, -0.05) is 34.8 Å². The molecule has 1 N–H and O–H groups in total. The Bertz CT molecular complexity index is 276. The second-order valence-corrected chi connectivity index (χ2v) is 3.50. The van der Waals surface area contributed by atoms with Crippen LogP contribution in [0.1, 0.15) is 5.56 Å². The third-order valence-corrected chi connectivity index (χ3v) is 2.38. The van der Waals surface area contributed by atoms with E-state index < -0.39 is 11.0 Å². The molecule has 1 unspecified atom stereocenters. The summed E-state index contributed by atoms with van der Waals surface area (Å²) < 4.78 is 14.2. The number of hydrogen-bond acceptors (Lipinski definition) is 3. The molecule has 0 amide bonds. The molecule has 5 heteroatoms. The summed E-state index contributed by atoms with van der Waals surface area (Å²) in [6, 6.07) is 9.53. The van der Waals surface area contributed by atoms with Crippen LogP contribution in [0.3, 0.4) is 0 Å². The highest BCUT2D eigenvalue weighted by Crippen LogP contribution is 2.00. The second kappa shape index (κ2) is 4.95. The highest BCUT2D eigenvalue weighted by Gasteiger charge is 1.97. The lowest BCUT2D eigenvalue weighted by atomic mass is 10.2. The third kappa shape index (κ3) is 3.06. The van der Waals surface area contributed by atoms with Gasteiger partial charge in [-0.15, -0.1) is 0 Å². The zero-order valence-corrected chi connectivity index (χ0v) is 7.90. The number of hydrogen-bond donors (Lipinski definition) is 1. The summed E-state index contributed by atoms with van der Waals surface area (Å²) in [5.41, 5.74) is 1.00. The van der Waals surface area contributed by atoms with Crippen LogP contribution in [-0.4, -0.2) is 4.21 Å². The number of benzene rings is 1. The normalized spacial score (nSPS) is 12.0. The van der Waals surface area contributed by atoms with E-state index >= 15 is 0 Å². The van der Waals surface area contributed by atoms with Crippen molar-refractivity contribution in [3.8, 4) is 0 Å². The lowest BCUT2D eigenvalue weighted by molar-refractivity contribution is 0.675. The van der Waals surface area contributed by atoms with Gasteiger partial charge in [-0.3, -0.25) is 0 Å². The average Bonchev–Trinajstić information content (AvgIpc) is 2.06. The van der Waals surface area contributed by atoms with E-state index in [0.29, 0.717) is 5.75 Å². The predicted octanol–water partition coefficient (Wildman–Crippen LogP) is 1.09. The molecular formula is C7H8N2OS2. The van der Waals surface area contributed by atoms with Crippen LogP contribution in [0.4, 0.5) is 0 Å². The molecule has 1 atom stereocenters. The monoisotopic (exact) mass is 200 g/mol. The van der Waals surface area contributed by atoms with Crippen LogP contribution >= 0.6 is 0 Å². The maximum absolute atomic E-state index is 11.1. The molecule has 0 spiro atoms. The first kappa shape index (κ1) is 9.28. The van der Waals surface area contributed by atoms with Gasteiger partial charge in [0.15, 0.2) is 0 Å². The minimum atomic E-state index is -1.19.